The highest BCUT2D eigenvalue weighted by Gasteiger charge is 2.23. The molecule has 0 bridgehead atoms. The highest BCUT2D eigenvalue weighted by Crippen LogP contribution is 2.13. The van der Waals surface area contributed by atoms with Gasteiger partial charge in [0.25, 0.3) is 0 Å². The quantitative estimate of drug-likeness (QED) is 0.303. The number of carbonyl (C=O) groups is 1. The average molecular weight is 260 g/mol. The number of aliphatic hydroxyl groups is 2. The van der Waals surface area contributed by atoms with Gasteiger partial charge in [-0.2, -0.15) is 5.01 Å². The summed E-state index contributed by atoms with van der Waals surface area (Å²) < 4.78 is 4.82. The van der Waals surface area contributed by atoms with E-state index >= 15 is 0 Å². The van der Waals surface area contributed by atoms with Crippen LogP contribution in [0.1, 0.15) is 34.6 Å². The molecule has 0 saturated heterocycles. The van der Waals surface area contributed by atoms with Crippen molar-refractivity contribution in [2.45, 2.75) is 47.1 Å². The molecule has 0 aliphatic carbocycles. The molecule has 0 amide bonds. The first-order valence-corrected chi connectivity index (χ1v) is 6.12. The van der Waals surface area contributed by atoms with Gasteiger partial charge in [-0.05, 0) is 34.6 Å². The number of hydrogen-bond acceptors (Lipinski definition) is 6. The molecule has 0 saturated carbocycles. The largest absolute Gasteiger partial charge is 0.463 e. The Kier molecular flexibility index (Phi) is 7.58. The SMILES string of the molecule is CCOC(=O)/C=C(/C)N(CC)N(C(C)O)C(C)O. The van der Waals surface area contributed by atoms with E-state index in [9.17, 15) is 15.0 Å². The fraction of sp³-hybridized carbons (Fsp3) is 0.750. The molecule has 0 aromatic rings. The topological polar surface area (TPSA) is 73.2 Å². The van der Waals surface area contributed by atoms with Gasteiger partial charge in [0.05, 0.1) is 6.61 Å². The van der Waals surface area contributed by atoms with Gasteiger partial charge in [0.1, 0.15) is 12.5 Å². The lowest BCUT2D eigenvalue weighted by Crippen LogP contribution is -2.51. The molecule has 0 aliphatic heterocycles. The van der Waals surface area contributed by atoms with E-state index in [-0.39, 0.29) is 0 Å². The summed E-state index contributed by atoms with van der Waals surface area (Å²) in [6.45, 7) is 9.23. The first kappa shape index (κ1) is 16.9. The summed E-state index contributed by atoms with van der Waals surface area (Å²) in [6, 6.07) is 0. The van der Waals surface area contributed by atoms with Gasteiger partial charge < -0.3 is 20.0 Å². The monoisotopic (exact) mass is 260 g/mol. The molecule has 2 atom stereocenters. The molecule has 2 unspecified atom stereocenters. The highest BCUT2D eigenvalue weighted by atomic mass is 16.5. The minimum Gasteiger partial charge on any atom is -0.463 e. The summed E-state index contributed by atoms with van der Waals surface area (Å²) >= 11 is 0. The number of nitrogens with zero attached hydrogens (tertiary/aromatic N) is 2. The van der Waals surface area contributed by atoms with Crippen LogP contribution >= 0.6 is 0 Å². The van der Waals surface area contributed by atoms with E-state index in [2.05, 4.69) is 0 Å². The zero-order valence-electron chi connectivity index (χ0n) is 11.8. The van der Waals surface area contributed by atoms with Crippen LogP contribution in [0.2, 0.25) is 0 Å². The van der Waals surface area contributed by atoms with Gasteiger partial charge in [0.15, 0.2) is 0 Å². The fourth-order valence-corrected chi connectivity index (χ4v) is 1.74. The van der Waals surface area contributed by atoms with Gasteiger partial charge in [-0.3, -0.25) is 0 Å². The maximum absolute atomic E-state index is 11.4. The number of hydrogen-bond donors (Lipinski definition) is 2. The third-order valence-corrected chi connectivity index (χ3v) is 2.36. The van der Waals surface area contributed by atoms with E-state index in [1.807, 2.05) is 6.92 Å². The van der Waals surface area contributed by atoms with E-state index in [4.69, 9.17) is 4.74 Å². The lowest BCUT2D eigenvalue weighted by molar-refractivity contribution is -0.190. The Labute approximate surface area is 108 Å². The molecular formula is C12H24N2O4. The Bertz CT molecular complexity index is 282. The van der Waals surface area contributed by atoms with Crippen molar-refractivity contribution in [3.8, 4) is 0 Å². The Hall–Kier alpha value is -1.11. The van der Waals surface area contributed by atoms with Crippen molar-refractivity contribution in [3.05, 3.63) is 11.8 Å². The van der Waals surface area contributed by atoms with Crippen LogP contribution in [0.5, 0.6) is 0 Å². The normalized spacial score (nSPS) is 15.4. The number of esters is 1. The molecule has 6 nitrogen and oxygen atoms in total. The number of hydrazine groups is 1. The van der Waals surface area contributed by atoms with Crippen LogP contribution in [0.15, 0.2) is 11.8 Å². The lowest BCUT2D eigenvalue weighted by Gasteiger charge is -2.39. The van der Waals surface area contributed by atoms with Gasteiger partial charge in [-0.1, -0.05) is 0 Å². The van der Waals surface area contributed by atoms with Crippen LogP contribution in [0.4, 0.5) is 0 Å². The molecule has 0 aromatic carbocycles. The minimum absolute atomic E-state index is 0.311. The van der Waals surface area contributed by atoms with Crippen molar-refractivity contribution in [2.24, 2.45) is 0 Å². The lowest BCUT2D eigenvalue weighted by atomic mass is 10.4. The number of allylic oxidation sites excluding steroid dienone is 1. The molecule has 0 fully saturated rings. The zero-order chi connectivity index (χ0) is 14.3. The molecule has 106 valence electrons. The Morgan fingerprint density at radius 1 is 1.28 bits per heavy atom. The minimum atomic E-state index is -0.865. The third kappa shape index (κ3) is 5.03. The summed E-state index contributed by atoms with van der Waals surface area (Å²) in [7, 11) is 0. The molecule has 0 rings (SSSR count). The van der Waals surface area contributed by atoms with Crippen molar-refractivity contribution in [1.82, 2.24) is 10.0 Å². The zero-order valence-corrected chi connectivity index (χ0v) is 11.8. The molecule has 2 N–H and O–H groups in total. The maximum Gasteiger partial charge on any atom is 0.332 e. The number of rotatable bonds is 7. The summed E-state index contributed by atoms with van der Waals surface area (Å²) in [5.41, 5.74) is 0.595. The molecule has 0 radical (unpaired) electrons. The van der Waals surface area contributed by atoms with Crippen molar-refractivity contribution >= 4 is 5.97 Å². The second-order valence-electron chi connectivity index (χ2n) is 3.90. The molecule has 0 spiro atoms. The molecule has 18 heavy (non-hydrogen) atoms. The third-order valence-electron chi connectivity index (χ3n) is 2.36. The van der Waals surface area contributed by atoms with E-state index in [0.717, 1.165) is 0 Å². The van der Waals surface area contributed by atoms with Crippen LogP contribution < -0.4 is 0 Å². The van der Waals surface area contributed by atoms with Crippen LogP contribution in [-0.4, -0.2) is 51.8 Å². The van der Waals surface area contributed by atoms with Crippen molar-refractivity contribution in [1.29, 1.82) is 0 Å². The Morgan fingerprint density at radius 2 is 1.78 bits per heavy atom. The van der Waals surface area contributed by atoms with E-state index in [1.165, 1.54) is 11.1 Å². The first-order valence-electron chi connectivity index (χ1n) is 6.12. The Morgan fingerprint density at radius 3 is 2.11 bits per heavy atom. The van der Waals surface area contributed by atoms with Crippen LogP contribution in [0.3, 0.4) is 0 Å². The predicted octanol–water partition coefficient (Wildman–Crippen LogP) is 0.669. The van der Waals surface area contributed by atoms with Gasteiger partial charge in [-0.15, -0.1) is 0 Å². The summed E-state index contributed by atoms with van der Waals surface area (Å²) in [5, 5.41) is 22.3. The van der Waals surface area contributed by atoms with E-state index in [1.54, 1.807) is 32.7 Å². The standard InChI is InChI=1S/C12H24N2O4/c1-6-13(14(10(4)15)11(5)16)9(3)8-12(17)18-7-2/h8,10-11,15-16H,6-7H2,1-5H3/b9-8-. The van der Waals surface area contributed by atoms with Crippen LogP contribution in [0, 0.1) is 0 Å². The number of ether oxygens (including phenoxy) is 1. The fourth-order valence-electron chi connectivity index (χ4n) is 1.74. The average Bonchev–Trinajstić information content (AvgIpc) is 2.24. The summed E-state index contributed by atoms with van der Waals surface area (Å²) in [5.74, 6) is -0.440. The number of carbonyl (C=O) groups excluding carboxylic acids is 1. The van der Waals surface area contributed by atoms with Gasteiger partial charge in [-0.25, -0.2) is 4.79 Å². The Balaban J connectivity index is 4.99. The molecule has 6 heteroatoms. The second kappa shape index (κ2) is 8.07. The highest BCUT2D eigenvalue weighted by molar-refractivity contribution is 5.82. The summed E-state index contributed by atoms with van der Waals surface area (Å²) in [6.07, 6.45) is -0.393. The van der Waals surface area contributed by atoms with Crippen LogP contribution in [-0.2, 0) is 9.53 Å². The maximum atomic E-state index is 11.4. The molecule has 0 heterocycles. The van der Waals surface area contributed by atoms with Gasteiger partial charge in [0.2, 0.25) is 0 Å². The van der Waals surface area contributed by atoms with Crippen molar-refractivity contribution in [3.63, 3.8) is 0 Å². The first-order chi connectivity index (χ1) is 8.34. The number of aliphatic hydroxyl groups excluding tert-OH is 2. The molecular weight excluding hydrogens is 236 g/mol. The van der Waals surface area contributed by atoms with Crippen molar-refractivity contribution in [2.75, 3.05) is 13.2 Å². The van der Waals surface area contributed by atoms with E-state index in [0.29, 0.717) is 18.8 Å². The van der Waals surface area contributed by atoms with Gasteiger partial charge >= 0.3 is 5.97 Å². The smallest absolute Gasteiger partial charge is 0.332 e. The second-order valence-corrected chi connectivity index (χ2v) is 3.90. The van der Waals surface area contributed by atoms with Gasteiger partial charge in [0, 0.05) is 18.3 Å². The van der Waals surface area contributed by atoms with Crippen LogP contribution in [0.25, 0.3) is 0 Å². The van der Waals surface area contributed by atoms with Crippen molar-refractivity contribution < 1.29 is 19.7 Å². The molecule has 0 aromatic heterocycles. The van der Waals surface area contributed by atoms with E-state index < -0.39 is 18.4 Å². The summed E-state index contributed by atoms with van der Waals surface area (Å²) in [4.78, 5) is 11.4. The molecule has 0 aliphatic rings. The predicted molar refractivity (Wildman–Crippen MR) is 68.0 cm³/mol.